The van der Waals surface area contributed by atoms with Crippen LogP contribution in [-0.2, 0) is 0 Å². The van der Waals surface area contributed by atoms with E-state index < -0.39 is 0 Å². The fourth-order valence-electron chi connectivity index (χ4n) is 1.05. The van der Waals surface area contributed by atoms with Crippen molar-refractivity contribution in [3.8, 4) is 0 Å². The normalized spacial score (nSPS) is 12.4. The number of aromatic nitrogens is 2. The number of hydrogen-bond acceptors (Lipinski definition) is 4. The summed E-state index contributed by atoms with van der Waals surface area (Å²) in [6, 6.07) is 1.61. The van der Waals surface area contributed by atoms with Crippen LogP contribution in [0, 0.1) is 0 Å². The molecular weight excluding hydrogens is 196 g/mol. The van der Waals surface area contributed by atoms with Crippen molar-refractivity contribution in [3.63, 3.8) is 0 Å². The number of amides is 1. The van der Waals surface area contributed by atoms with Gasteiger partial charge in [-0.3, -0.25) is 9.89 Å². The van der Waals surface area contributed by atoms with Crippen molar-refractivity contribution < 1.29 is 9.90 Å². The SMILES string of the molecule is CC(O)CNCCNC(=O)c1ccn[nH]1. The molecule has 1 aromatic rings. The highest BCUT2D eigenvalue weighted by molar-refractivity contribution is 5.92. The molecule has 1 amide bonds. The Balaban J connectivity index is 2.08. The minimum Gasteiger partial charge on any atom is -0.392 e. The molecule has 0 radical (unpaired) electrons. The average Bonchev–Trinajstić information content (AvgIpc) is 2.69. The second-order valence-corrected chi connectivity index (χ2v) is 3.28. The van der Waals surface area contributed by atoms with E-state index in [4.69, 9.17) is 5.11 Å². The first kappa shape index (κ1) is 11.7. The van der Waals surface area contributed by atoms with Crippen molar-refractivity contribution in [2.75, 3.05) is 19.6 Å². The molecule has 1 unspecified atom stereocenters. The summed E-state index contributed by atoms with van der Waals surface area (Å²) >= 11 is 0. The molecule has 0 bridgehead atoms. The van der Waals surface area contributed by atoms with Crippen LogP contribution in [0.15, 0.2) is 12.3 Å². The number of hydrogen-bond donors (Lipinski definition) is 4. The molecule has 1 rings (SSSR count). The molecule has 0 fully saturated rings. The van der Waals surface area contributed by atoms with Crippen LogP contribution in [0.1, 0.15) is 17.4 Å². The topological polar surface area (TPSA) is 90.0 Å². The highest BCUT2D eigenvalue weighted by Gasteiger charge is 2.04. The number of aromatic amines is 1. The molecule has 0 spiro atoms. The fraction of sp³-hybridized carbons (Fsp3) is 0.556. The molecule has 4 N–H and O–H groups in total. The van der Waals surface area contributed by atoms with Gasteiger partial charge in [0.15, 0.2) is 0 Å². The summed E-state index contributed by atoms with van der Waals surface area (Å²) in [5.41, 5.74) is 0.450. The standard InChI is InChI=1S/C9H16N4O2/c1-7(14)6-10-4-5-11-9(15)8-2-3-12-13-8/h2-3,7,10,14H,4-6H2,1H3,(H,11,15)(H,12,13). The van der Waals surface area contributed by atoms with Crippen molar-refractivity contribution in [2.24, 2.45) is 0 Å². The molecule has 0 saturated heterocycles. The maximum Gasteiger partial charge on any atom is 0.269 e. The smallest absolute Gasteiger partial charge is 0.269 e. The van der Waals surface area contributed by atoms with Crippen molar-refractivity contribution in [1.82, 2.24) is 20.8 Å². The quantitative estimate of drug-likeness (QED) is 0.460. The van der Waals surface area contributed by atoms with Gasteiger partial charge >= 0.3 is 0 Å². The van der Waals surface area contributed by atoms with E-state index in [1.54, 1.807) is 13.0 Å². The number of nitrogens with one attached hydrogen (secondary N) is 3. The van der Waals surface area contributed by atoms with Gasteiger partial charge in [0.2, 0.25) is 0 Å². The third-order valence-corrected chi connectivity index (χ3v) is 1.77. The molecule has 0 aromatic carbocycles. The maximum absolute atomic E-state index is 11.3. The van der Waals surface area contributed by atoms with E-state index in [-0.39, 0.29) is 12.0 Å². The van der Waals surface area contributed by atoms with Gasteiger partial charge in [-0.2, -0.15) is 5.10 Å². The van der Waals surface area contributed by atoms with Crippen LogP contribution < -0.4 is 10.6 Å². The second-order valence-electron chi connectivity index (χ2n) is 3.28. The molecule has 1 heterocycles. The number of carbonyl (C=O) groups is 1. The van der Waals surface area contributed by atoms with Crippen LogP contribution in [0.5, 0.6) is 0 Å². The van der Waals surface area contributed by atoms with Gasteiger partial charge < -0.3 is 15.7 Å². The van der Waals surface area contributed by atoms with Gasteiger partial charge in [-0.1, -0.05) is 0 Å². The van der Waals surface area contributed by atoms with Gasteiger partial charge in [0.1, 0.15) is 5.69 Å². The number of H-pyrrole nitrogens is 1. The van der Waals surface area contributed by atoms with E-state index in [9.17, 15) is 4.79 Å². The maximum atomic E-state index is 11.3. The highest BCUT2D eigenvalue weighted by atomic mass is 16.3. The zero-order valence-corrected chi connectivity index (χ0v) is 8.66. The molecule has 84 valence electrons. The van der Waals surface area contributed by atoms with Gasteiger partial charge in [-0.25, -0.2) is 0 Å². The molecule has 1 aromatic heterocycles. The lowest BCUT2D eigenvalue weighted by molar-refractivity contribution is 0.0948. The Morgan fingerprint density at radius 1 is 1.67 bits per heavy atom. The molecule has 0 aliphatic carbocycles. The minimum atomic E-state index is -0.367. The highest BCUT2D eigenvalue weighted by Crippen LogP contribution is 1.89. The predicted molar refractivity (Wildman–Crippen MR) is 55.5 cm³/mol. The summed E-state index contributed by atoms with van der Waals surface area (Å²) in [6.07, 6.45) is 1.16. The Morgan fingerprint density at radius 2 is 2.47 bits per heavy atom. The van der Waals surface area contributed by atoms with E-state index >= 15 is 0 Å². The summed E-state index contributed by atoms with van der Waals surface area (Å²) in [7, 11) is 0. The Bertz CT molecular complexity index is 284. The summed E-state index contributed by atoms with van der Waals surface area (Å²) in [5.74, 6) is -0.175. The van der Waals surface area contributed by atoms with Gasteiger partial charge in [0, 0.05) is 25.8 Å². The molecule has 6 nitrogen and oxygen atoms in total. The lowest BCUT2D eigenvalue weighted by Gasteiger charge is -2.07. The monoisotopic (exact) mass is 212 g/mol. The summed E-state index contributed by atoms with van der Waals surface area (Å²) in [5, 5.41) is 20.9. The summed E-state index contributed by atoms with van der Waals surface area (Å²) in [6.45, 7) is 3.38. The molecule has 0 aliphatic heterocycles. The first-order chi connectivity index (χ1) is 7.20. The van der Waals surface area contributed by atoms with Crippen LogP contribution >= 0.6 is 0 Å². The largest absolute Gasteiger partial charge is 0.392 e. The Morgan fingerprint density at radius 3 is 3.07 bits per heavy atom. The first-order valence-corrected chi connectivity index (χ1v) is 4.86. The summed E-state index contributed by atoms with van der Waals surface area (Å²) < 4.78 is 0. The van der Waals surface area contributed by atoms with Crippen molar-refractivity contribution in [2.45, 2.75) is 13.0 Å². The molecule has 0 aliphatic rings. The lowest BCUT2D eigenvalue weighted by atomic mass is 10.4. The molecule has 6 heteroatoms. The number of rotatable bonds is 6. The van der Waals surface area contributed by atoms with Gasteiger partial charge in [0.05, 0.1) is 6.10 Å². The van der Waals surface area contributed by atoms with E-state index in [2.05, 4.69) is 20.8 Å². The van der Waals surface area contributed by atoms with Crippen molar-refractivity contribution >= 4 is 5.91 Å². The molecular formula is C9H16N4O2. The van der Waals surface area contributed by atoms with E-state index in [0.717, 1.165) is 0 Å². The molecule has 15 heavy (non-hydrogen) atoms. The van der Waals surface area contributed by atoms with Crippen LogP contribution in [0.4, 0.5) is 0 Å². The van der Waals surface area contributed by atoms with E-state index in [0.29, 0.717) is 25.3 Å². The first-order valence-electron chi connectivity index (χ1n) is 4.86. The molecule has 0 saturated carbocycles. The van der Waals surface area contributed by atoms with Crippen molar-refractivity contribution in [1.29, 1.82) is 0 Å². The zero-order valence-electron chi connectivity index (χ0n) is 8.66. The number of aliphatic hydroxyl groups is 1. The van der Waals surface area contributed by atoms with E-state index in [1.807, 2.05) is 0 Å². The number of aliphatic hydroxyl groups excluding tert-OH is 1. The van der Waals surface area contributed by atoms with Gasteiger partial charge in [0.25, 0.3) is 5.91 Å². The molecule has 1 atom stereocenters. The Hall–Kier alpha value is -1.40. The fourth-order valence-corrected chi connectivity index (χ4v) is 1.05. The minimum absolute atomic E-state index is 0.175. The third-order valence-electron chi connectivity index (χ3n) is 1.77. The summed E-state index contributed by atoms with van der Waals surface area (Å²) in [4.78, 5) is 11.3. The third kappa shape index (κ3) is 4.57. The van der Waals surface area contributed by atoms with Crippen LogP contribution in [-0.4, -0.2) is 46.9 Å². The Kier molecular flexibility index (Phi) is 4.79. The predicted octanol–water partition coefficient (Wildman–Crippen LogP) is -0.890. The number of nitrogens with zero attached hydrogens (tertiary/aromatic N) is 1. The number of carbonyl (C=O) groups excluding carboxylic acids is 1. The van der Waals surface area contributed by atoms with Crippen LogP contribution in [0.2, 0.25) is 0 Å². The van der Waals surface area contributed by atoms with Crippen LogP contribution in [0.25, 0.3) is 0 Å². The van der Waals surface area contributed by atoms with Crippen molar-refractivity contribution in [3.05, 3.63) is 18.0 Å². The van der Waals surface area contributed by atoms with Gasteiger partial charge in [-0.15, -0.1) is 0 Å². The Labute approximate surface area is 88.1 Å². The van der Waals surface area contributed by atoms with E-state index in [1.165, 1.54) is 6.20 Å². The van der Waals surface area contributed by atoms with Crippen LogP contribution in [0.3, 0.4) is 0 Å². The lowest BCUT2D eigenvalue weighted by Crippen LogP contribution is -2.34. The second kappa shape index (κ2) is 6.15. The average molecular weight is 212 g/mol. The zero-order chi connectivity index (χ0) is 11.1. The van der Waals surface area contributed by atoms with Gasteiger partial charge in [-0.05, 0) is 13.0 Å².